The lowest BCUT2D eigenvalue weighted by Crippen LogP contribution is -2.16. The molecule has 0 N–H and O–H groups in total. The van der Waals surface area contributed by atoms with E-state index < -0.39 is 0 Å². The monoisotopic (exact) mass is 709 g/mol. The standard InChI is InChI=1S/C53H43NO/c1-53(2)46-25-12-10-22-42(46)45-33-37(28-31-47(45)53)54(48-32-30-39(35-15-4-3-5-16-35)50-44-23-11-13-26-49(44)55-52(48)50)51-40-21-9-7-18-36(40)27-29-43(51)41-24-14-19-34-17-6-8-20-38(34)41/h6-14,17-33,35H,3-5,15-16H2,1-2H3. The van der Waals surface area contributed by atoms with Crippen LogP contribution in [0.15, 0.2) is 162 Å². The second-order valence-corrected chi connectivity index (χ2v) is 16.3. The highest BCUT2D eigenvalue weighted by molar-refractivity contribution is 6.16. The predicted octanol–water partition coefficient (Wildman–Crippen LogP) is 15.4. The molecule has 0 saturated heterocycles. The molecule has 11 rings (SSSR count). The largest absolute Gasteiger partial charge is 0.454 e. The van der Waals surface area contributed by atoms with Gasteiger partial charge in [-0.05, 0) is 92.6 Å². The summed E-state index contributed by atoms with van der Waals surface area (Å²) in [5, 5.41) is 7.36. The van der Waals surface area contributed by atoms with Gasteiger partial charge in [0.25, 0.3) is 0 Å². The van der Waals surface area contributed by atoms with Crippen LogP contribution in [0.1, 0.15) is 68.6 Å². The fraction of sp³-hybridized carbons (Fsp3) is 0.170. The fourth-order valence-electron chi connectivity index (χ4n) is 10.2. The Labute approximate surface area is 322 Å². The van der Waals surface area contributed by atoms with Crippen molar-refractivity contribution < 1.29 is 4.42 Å². The van der Waals surface area contributed by atoms with Gasteiger partial charge in [-0.3, -0.25) is 0 Å². The van der Waals surface area contributed by atoms with Gasteiger partial charge in [0.2, 0.25) is 0 Å². The van der Waals surface area contributed by atoms with Gasteiger partial charge in [-0.25, -0.2) is 0 Å². The second kappa shape index (κ2) is 12.5. The van der Waals surface area contributed by atoms with Crippen LogP contribution in [0, 0.1) is 0 Å². The van der Waals surface area contributed by atoms with Gasteiger partial charge in [0.15, 0.2) is 5.58 Å². The Hall–Kier alpha value is -6.12. The minimum Gasteiger partial charge on any atom is -0.454 e. The molecule has 0 unspecified atom stereocenters. The van der Waals surface area contributed by atoms with Crippen LogP contribution in [-0.2, 0) is 5.41 Å². The molecule has 0 atom stereocenters. The summed E-state index contributed by atoms with van der Waals surface area (Å²) in [5.41, 5.74) is 14.4. The molecule has 8 aromatic carbocycles. The lowest BCUT2D eigenvalue weighted by atomic mass is 9.82. The van der Waals surface area contributed by atoms with Gasteiger partial charge >= 0.3 is 0 Å². The Morgan fingerprint density at radius 1 is 0.527 bits per heavy atom. The van der Waals surface area contributed by atoms with Crippen LogP contribution < -0.4 is 4.90 Å². The third-order valence-electron chi connectivity index (χ3n) is 12.9. The van der Waals surface area contributed by atoms with Gasteiger partial charge < -0.3 is 9.32 Å². The minimum absolute atomic E-state index is 0.0868. The van der Waals surface area contributed by atoms with E-state index >= 15 is 0 Å². The molecule has 55 heavy (non-hydrogen) atoms. The summed E-state index contributed by atoms with van der Waals surface area (Å²) < 4.78 is 7.11. The van der Waals surface area contributed by atoms with Crippen molar-refractivity contribution in [1.82, 2.24) is 0 Å². The summed E-state index contributed by atoms with van der Waals surface area (Å²) in [5.74, 6) is 0.530. The highest BCUT2D eigenvalue weighted by atomic mass is 16.3. The maximum atomic E-state index is 7.11. The average molecular weight is 710 g/mol. The lowest BCUT2D eigenvalue weighted by molar-refractivity contribution is 0.445. The number of anilines is 3. The number of nitrogens with zero attached hydrogens (tertiary/aromatic N) is 1. The topological polar surface area (TPSA) is 16.4 Å². The summed E-state index contributed by atoms with van der Waals surface area (Å²) in [6.07, 6.45) is 6.35. The van der Waals surface area contributed by atoms with E-state index in [0.29, 0.717) is 5.92 Å². The SMILES string of the molecule is CC1(C)c2ccccc2-c2cc(N(c3c(-c4cccc5ccccc45)ccc4ccccc34)c3ccc(C4CCCCC4)c4c3oc3ccccc34)ccc21. The molecule has 266 valence electrons. The molecule has 2 heteroatoms. The van der Waals surface area contributed by atoms with E-state index in [1.165, 1.54) is 103 Å². The van der Waals surface area contributed by atoms with Crippen molar-refractivity contribution in [3.05, 3.63) is 174 Å². The first kappa shape index (κ1) is 32.3. The molecule has 0 radical (unpaired) electrons. The number of fused-ring (bicyclic) bond motifs is 8. The highest BCUT2D eigenvalue weighted by Gasteiger charge is 2.36. The molecule has 2 nitrogen and oxygen atoms in total. The number of para-hydroxylation sites is 1. The molecule has 1 fully saturated rings. The van der Waals surface area contributed by atoms with E-state index in [4.69, 9.17) is 4.42 Å². The lowest BCUT2D eigenvalue weighted by Gasteiger charge is -2.31. The van der Waals surface area contributed by atoms with E-state index in [-0.39, 0.29) is 5.41 Å². The second-order valence-electron chi connectivity index (χ2n) is 16.3. The molecule has 1 saturated carbocycles. The summed E-state index contributed by atoms with van der Waals surface area (Å²) in [6, 6.07) is 58.6. The maximum absolute atomic E-state index is 7.11. The molecule has 2 aliphatic carbocycles. The van der Waals surface area contributed by atoms with Crippen LogP contribution in [0.2, 0.25) is 0 Å². The first-order valence-electron chi connectivity index (χ1n) is 20.0. The molecule has 0 spiro atoms. The number of hydrogen-bond acceptors (Lipinski definition) is 2. The number of furan rings is 1. The fourth-order valence-corrected chi connectivity index (χ4v) is 10.2. The number of benzene rings is 8. The quantitative estimate of drug-likeness (QED) is 0.177. The van der Waals surface area contributed by atoms with E-state index in [1.807, 2.05) is 0 Å². The van der Waals surface area contributed by atoms with Gasteiger partial charge in [0, 0.05) is 32.8 Å². The molecule has 0 amide bonds. The van der Waals surface area contributed by atoms with Crippen LogP contribution in [-0.4, -0.2) is 0 Å². The zero-order valence-corrected chi connectivity index (χ0v) is 31.5. The summed E-state index contributed by atoms with van der Waals surface area (Å²) in [6.45, 7) is 4.72. The smallest absolute Gasteiger partial charge is 0.159 e. The van der Waals surface area contributed by atoms with Crippen LogP contribution in [0.4, 0.5) is 17.1 Å². The van der Waals surface area contributed by atoms with E-state index in [9.17, 15) is 0 Å². The molecule has 0 bridgehead atoms. The summed E-state index contributed by atoms with van der Waals surface area (Å²) in [4.78, 5) is 2.53. The van der Waals surface area contributed by atoms with E-state index in [2.05, 4.69) is 176 Å². The Morgan fingerprint density at radius 2 is 1.20 bits per heavy atom. The van der Waals surface area contributed by atoms with Crippen molar-refractivity contribution in [3.8, 4) is 22.3 Å². The minimum atomic E-state index is -0.0868. The van der Waals surface area contributed by atoms with Gasteiger partial charge in [-0.15, -0.1) is 0 Å². The van der Waals surface area contributed by atoms with Crippen molar-refractivity contribution in [1.29, 1.82) is 0 Å². The Balaban J connectivity index is 1.27. The summed E-state index contributed by atoms with van der Waals surface area (Å²) >= 11 is 0. The molecule has 1 aromatic heterocycles. The molecule has 0 aliphatic heterocycles. The van der Waals surface area contributed by atoms with Crippen molar-refractivity contribution in [2.24, 2.45) is 0 Å². The van der Waals surface area contributed by atoms with Crippen LogP contribution in [0.3, 0.4) is 0 Å². The number of rotatable bonds is 5. The Kier molecular flexibility index (Phi) is 7.33. The van der Waals surface area contributed by atoms with Crippen molar-refractivity contribution in [2.45, 2.75) is 57.3 Å². The van der Waals surface area contributed by atoms with Crippen LogP contribution in [0.25, 0.3) is 65.7 Å². The molecule has 1 heterocycles. The van der Waals surface area contributed by atoms with E-state index in [1.54, 1.807) is 0 Å². The van der Waals surface area contributed by atoms with Crippen LogP contribution in [0.5, 0.6) is 0 Å². The van der Waals surface area contributed by atoms with Gasteiger partial charge in [-0.1, -0.05) is 167 Å². The van der Waals surface area contributed by atoms with Gasteiger partial charge in [-0.2, -0.15) is 0 Å². The maximum Gasteiger partial charge on any atom is 0.159 e. The van der Waals surface area contributed by atoms with Crippen molar-refractivity contribution >= 4 is 60.5 Å². The normalized spacial score (nSPS) is 15.2. The molecule has 9 aromatic rings. The van der Waals surface area contributed by atoms with Crippen molar-refractivity contribution in [2.75, 3.05) is 4.90 Å². The van der Waals surface area contributed by atoms with Crippen LogP contribution >= 0.6 is 0 Å². The van der Waals surface area contributed by atoms with Gasteiger partial charge in [0.05, 0.1) is 11.4 Å². The third-order valence-corrected chi connectivity index (χ3v) is 12.9. The predicted molar refractivity (Wildman–Crippen MR) is 232 cm³/mol. The zero-order chi connectivity index (χ0) is 36.7. The highest BCUT2D eigenvalue weighted by Crippen LogP contribution is 2.54. The summed E-state index contributed by atoms with van der Waals surface area (Å²) in [7, 11) is 0. The zero-order valence-electron chi connectivity index (χ0n) is 31.5. The number of hydrogen-bond donors (Lipinski definition) is 0. The first-order valence-corrected chi connectivity index (χ1v) is 20.0. The first-order chi connectivity index (χ1) is 27.1. The molecule has 2 aliphatic rings. The molecular weight excluding hydrogens is 667 g/mol. The third kappa shape index (κ3) is 4.94. The average Bonchev–Trinajstić information content (AvgIpc) is 3.74. The Morgan fingerprint density at radius 3 is 2.05 bits per heavy atom. The molecular formula is C53H43NO. The van der Waals surface area contributed by atoms with E-state index in [0.717, 1.165) is 28.2 Å². The Bertz CT molecular complexity index is 2950. The van der Waals surface area contributed by atoms with Crippen molar-refractivity contribution in [3.63, 3.8) is 0 Å². The van der Waals surface area contributed by atoms with Gasteiger partial charge in [0.1, 0.15) is 5.58 Å².